The van der Waals surface area contributed by atoms with Gasteiger partial charge in [0.2, 0.25) is 0 Å². The molecule has 1 heterocycles. The van der Waals surface area contributed by atoms with Crippen molar-refractivity contribution in [1.29, 1.82) is 0 Å². The highest BCUT2D eigenvalue weighted by Gasteiger charge is 2.28. The van der Waals surface area contributed by atoms with E-state index >= 15 is 0 Å². The number of guanidine groups is 1. The second-order valence-electron chi connectivity index (χ2n) is 5.63. The summed E-state index contributed by atoms with van der Waals surface area (Å²) in [5.41, 5.74) is 1.07. The highest BCUT2D eigenvalue weighted by Crippen LogP contribution is 2.16. The van der Waals surface area contributed by atoms with E-state index < -0.39 is 12.7 Å². The number of alkyl halides is 3. The van der Waals surface area contributed by atoms with E-state index in [0.29, 0.717) is 32.0 Å². The van der Waals surface area contributed by atoms with E-state index in [9.17, 15) is 13.2 Å². The Balaban J connectivity index is 0.00000576. The minimum atomic E-state index is -4.15. The number of rotatable bonds is 8. The molecule has 1 aromatic heterocycles. The lowest BCUT2D eigenvalue weighted by atomic mass is 10.4. The van der Waals surface area contributed by atoms with Gasteiger partial charge >= 0.3 is 6.18 Å². The molecule has 0 radical (unpaired) electrons. The third-order valence-corrected chi connectivity index (χ3v) is 4.52. The van der Waals surface area contributed by atoms with Gasteiger partial charge in [-0.1, -0.05) is 0 Å². The van der Waals surface area contributed by atoms with Crippen LogP contribution in [0.15, 0.2) is 4.99 Å². The van der Waals surface area contributed by atoms with E-state index in [0.717, 1.165) is 17.1 Å². The maximum Gasteiger partial charge on any atom is 0.401 e. The molecule has 5 nitrogen and oxygen atoms in total. The minimum absolute atomic E-state index is 0. The van der Waals surface area contributed by atoms with Crippen molar-refractivity contribution in [2.45, 2.75) is 32.9 Å². The molecule has 0 amide bonds. The van der Waals surface area contributed by atoms with Crippen LogP contribution >= 0.6 is 35.3 Å². The van der Waals surface area contributed by atoms with Gasteiger partial charge in [0.05, 0.1) is 17.2 Å². The third kappa shape index (κ3) is 10.9. The van der Waals surface area contributed by atoms with Gasteiger partial charge < -0.3 is 10.6 Å². The molecule has 146 valence electrons. The van der Waals surface area contributed by atoms with Gasteiger partial charge in [-0.3, -0.25) is 9.89 Å². The third-order valence-electron chi connectivity index (χ3n) is 3.39. The van der Waals surface area contributed by atoms with Crippen LogP contribution in [0.3, 0.4) is 0 Å². The number of nitrogens with zero attached hydrogens (tertiary/aromatic N) is 3. The molecule has 1 rings (SSSR count). The first kappa shape index (κ1) is 24.4. The summed E-state index contributed by atoms with van der Waals surface area (Å²) >= 11 is 1.69. The van der Waals surface area contributed by atoms with Crippen LogP contribution in [0.4, 0.5) is 13.2 Å². The van der Waals surface area contributed by atoms with Crippen molar-refractivity contribution in [3.05, 3.63) is 15.6 Å². The molecule has 10 heteroatoms. The van der Waals surface area contributed by atoms with Gasteiger partial charge in [-0.2, -0.15) is 13.2 Å². The maximum absolute atomic E-state index is 12.2. The SMILES string of the molecule is CN=C(NCCCN(C)CC(F)(F)F)NCCc1nc(C)c(C)s1.I. The second kappa shape index (κ2) is 11.9. The van der Waals surface area contributed by atoms with E-state index in [1.807, 2.05) is 6.92 Å². The largest absolute Gasteiger partial charge is 0.401 e. The Morgan fingerprint density at radius 1 is 1.24 bits per heavy atom. The van der Waals surface area contributed by atoms with Crippen LogP contribution in [0.1, 0.15) is 22.0 Å². The molecule has 0 aliphatic rings. The van der Waals surface area contributed by atoms with E-state index in [1.54, 1.807) is 18.4 Å². The van der Waals surface area contributed by atoms with Gasteiger partial charge in [0.25, 0.3) is 0 Å². The minimum Gasteiger partial charge on any atom is -0.356 e. The van der Waals surface area contributed by atoms with Gasteiger partial charge in [0, 0.05) is 31.4 Å². The van der Waals surface area contributed by atoms with Crippen molar-refractivity contribution in [3.63, 3.8) is 0 Å². The Kier molecular flexibility index (Phi) is 11.6. The van der Waals surface area contributed by atoms with Crippen molar-refractivity contribution in [1.82, 2.24) is 20.5 Å². The average Bonchev–Trinajstić information content (AvgIpc) is 2.78. The summed E-state index contributed by atoms with van der Waals surface area (Å²) in [6, 6.07) is 0. The lowest BCUT2D eigenvalue weighted by molar-refractivity contribution is -0.143. The fourth-order valence-electron chi connectivity index (χ4n) is 2.10. The van der Waals surface area contributed by atoms with Crippen molar-refractivity contribution in [2.24, 2.45) is 4.99 Å². The number of aryl methyl sites for hydroxylation is 2. The smallest absolute Gasteiger partial charge is 0.356 e. The standard InChI is InChI=1S/C15H26F3N5S.HI/c1-11-12(2)24-13(22-11)6-8-21-14(19-3)20-7-5-9-23(4)10-15(16,17)18;/h5-10H2,1-4H3,(H2,19,20,21);1H. The zero-order valence-electron chi connectivity index (χ0n) is 15.0. The molecule has 0 aliphatic carbocycles. The van der Waals surface area contributed by atoms with Gasteiger partial charge in [-0.15, -0.1) is 35.3 Å². The van der Waals surface area contributed by atoms with E-state index in [1.165, 1.54) is 16.8 Å². The maximum atomic E-state index is 12.2. The molecule has 0 unspecified atom stereocenters. The molecule has 2 N–H and O–H groups in total. The average molecular weight is 493 g/mol. The predicted molar refractivity (Wildman–Crippen MR) is 108 cm³/mol. The van der Waals surface area contributed by atoms with Crippen molar-refractivity contribution < 1.29 is 13.2 Å². The van der Waals surface area contributed by atoms with E-state index in [2.05, 4.69) is 27.5 Å². The molecule has 0 bridgehead atoms. The molecule has 0 aliphatic heterocycles. The summed E-state index contributed by atoms with van der Waals surface area (Å²) < 4.78 is 36.6. The summed E-state index contributed by atoms with van der Waals surface area (Å²) in [5, 5.41) is 7.37. The van der Waals surface area contributed by atoms with Crippen LogP contribution in [0.25, 0.3) is 0 Å². The van der Waals surface area contributed by atoms with E-state index in [4.69, 9.17) is 0 Å². The van der Waals surface area contributed by atoms with E-state index in [-0.39, 0.29) is 24.0 Å². The molecule has 0 saturated heterocycles. The van der Waals surface area contributed by atoms with Crippen LogP contribution in [-0.2, 0) is 6.42 Å². The quantitative estimate of drug-likeness (QED) is 0.253. The first-order valence-corrected chi connectivity index (χ1v) is 8.65. The summed E-state index contributed by atoms with van der Waals surface area (Å²) in [7, 11) is 3.14. The highest BCUT2D eigenvalue weighted by atomic mass is 127. The van der Waals surface area contributed by atoms with Crippen LogP contribution in [0.5, 0.6) is 0 Å². The Hall–Kier alpha value is -0.620. The van der Waals surface area contributed by atoms with Gasteiger partial charge in [-0.05, 0) is 33.9 Å². The first-order valence-electron chi connectivity index (χ1n) is 7.84. The number of thiazole rings is 1. The van der Waals surface area contributed by atoms with Gasteiger partial charge in [0.1, 0.15) is 0 Å². The lowest BCUT2D eigenvalue weighted by Gasteiger charge is -2.18. The molecule has 1 aromatic rings. The summed E-state index contributed by atoms with van der Waals surface area (Å²) in [4.78, 5) is 11.1. The molecule has 0 aromatic carbocycles. The summed E-state index contributed by atoms with van der Waals surface area (Å²) in [5.74, 6) is 0.651. The number of aliphatic imine (C=N–C) groups is 1. The second-order valence-corrected chi connectivity index (χ2v) is 6.92. The van der Waals surface area contributed by atoms with Crippen molar-refractivity contribution in [2.75, 3.05) is 40.3 Å². The topological polar surface area (TPSA) is 52.6 Å². The monoisotopic (exact) mass is 493 g/mol. The highest BCUT2D eigenvalue weighted by molar-refractivity contribution is 14.0. The lowest BCUT2D eigenvalue weighted by Crippen LogP contribution is -2.40. The van der Waals surface area contributed by atoms with Crippen molar-refractivity contribution >= 4 is 41.3 Å². The molecular weight excluding hydrogens is 466 g/mol. The normalized spacial score (nSPS) is 12.2. The Bertz CT molecular complexity index is 514. The molecule has 0 spiro atoms. The zero-order valence-corrected chi connectivity index (χ0v) is 18.2. The molecule has 0 atom stereocenters. The molecular formula is C15H27F3IN5S. The Morgan fingerprint density at radius 3 is 2.40 bits per heavy atom. The molecule has 0 saturated carbocycles. The summed E-state index contributed by atoms with van der Waals surface area (Å²) in [6.45, 7) is 4.82. The molecule has 25 heavy (non-hydrogen) atoms. The van der Waals surface area contributed by atoms with Crippen LogP contribution < -0.4 is 10.6 Å². The fourth-order valence-corrected chi connectivity index (χ4v) is 3.03. The van der Waals surface area contributed by atoms with Gasteiger partial charge in [-0.25, -0.2) is 4.98 Å². The Morgan fingerprint density at radius 2 is 1.88 bits per heavy atom. The number of halogens is 4. The van der Waals surface area contributed by atoms with Crippen molar-refractivity contribution in [3.8, 4) is 0 Å². The predicted octanol–water partition coefficient (Wildman–Crippen LogP) is 2.97. The van der Waals surface area contributed by atoms with Gasteiger partial charge in [0.15, 0.2) is 5.96 Å². The fraction of sp³-hybridized carbons (Fsp3) is 0.733. The molecule has 0 fully saturated rings. The van der Waals surface area contributed by atoms with Crippen LogP contribution in [0, 0.1) is 13.8 Å². The number of aromatic nitrogens is 1. The summed E-state index contributed by atoms with van der Waals surface area (Å²) in [6.07, 6.45) is -2.72. The Labute approximate surface area is 168 Å². The first-order chi connectivity index (χ1) is 11.2. The number of hydrogen-bond donors (Lipinski definition) is 2. The zero-order chi connectivity index (χ0) is 18.2. The van der Waals surface area contributed by atoms with Crippen LogP contribution in [-0.4, -0.2) is 62.3 Å². The number of hydrogen-bond acceptors (Lipinski definition) is 4. The van der Waals surface area contributed by atoms with Crippen LogP contribution in [0.2, 0.25) is 0 Å². The number of nitrogens with one attached hydrogen (secondary N) is 2.